The van der Waals surface area contributed by atoms with Gasteiger partial charge in [-0.3, -0.25) is 0 Å². The summed E-state index contributed by atoms with van der Waals surface area (Å²) in [5.74, 6) is 1.06. The van der Waals surface area contributed by atoms with Crippen LogP contribution in [-0.4, -0.2) is 16.2 Å². The van der Waals surface area contributed by atoms with Gasteiger partial charge >= 0.3 is 0 Å². The molecule has 0 fully saturated rings. The van der Waals surface area contributed by atoms with Crippen molar-refractivity contribution in [3.05, 3.63) is 82.2 Å². The van der Waals surface area contributed by atoms with Crippen LogP contribution in [0.3, 0.4) is 0 Å². The van der Waals surface area contributed by atoms with Crippen molar-refractivity contribution in [1.82, 2.24) is 4.98 Å². The fourth-order valence-electron chi connectivity index (χ4n) is 3.35. The number of benzene rings is 2. The molecule has 2 aromatic heterocycles. The molecule has 4 rings (SSSR count). The highest BCUT2D eigenvalue weighted by Crippen LogP contribution is 2.38. The lowest BCUT2D eigenvalue weighted by atomic mass is 10.0. The molecule has 1 atom stereocenters. The summed E-state index contributed by atoms with van der Waals surface area (Å²) < 4.78 is 5.74. The van der Waals surface area contributed by atoms with E-state index in [1.54, 1.807) is 11.3 Å². The summed E-state index contributed by atoms with van der Waals surface area (Å²) in [6, 6.07) is 19.8. The minimum Gasteiger partial charge on any atom is -0.505 e. The Labute approximate surface area is 174 Å². The molecule has 0 aliphatic rings. The number of nitrogens with one attached hydrogen (secondary N) is 1. The topological polar surface area (TPSA) is 54.4 Å². The molecule has 148 valence electrons. The van der Waals surface area contributed by atoms with Crippen LogP contribution in [0, 0.1) is 6.92 Å². The van der Waals surface area contributed by atoms with Crippen LogP contribution in [0.15, 0.2) is 66.0 Å². The highest BCUT2D eigenvalue weighted by molar-refractivity contribution is 7.10. The van der Waals surface area contributed by atoms with Gasteiger partial charge in [0.05, 0.1) is 12.1 Å². The lowest BCUT2D eigenvalue weighted by molar-refractivity contribution is 0.242. The summed E-state index contributed by atoms with van der Waals surface area (Å²) in [6.07, 6.45) is 0.137. The number of aryl methyl sites for hydroxylation is 1. The molecule has 4 aromatic rings. The van der Waals surface area contributed by atoms with E-state index in [-0.39, 0.29) is 17.9 Å². The van der Waals surface area contributed by atoms with Gasteiger partial charge in [0.1, 0.15) is 17.0 Å². The first kappa shape index (κ1) is 19.3. The van der Waals surface area contributed by atoms with Gasteiger partial charge in [-0.05, 0) is 62.5 Å². The zero-order valence-electron chi connectivity index (χ0n) is 16.7. The van der Waals surface area contributed by atoms with Crippen LogP contribution in [0.5, 0.6) is 11.5 Å². The van der Waals surface area contributed by atoms with E-state index in [4.69, 9.17) is 4.74 Å². The van der Waals surface area contributed by atoms with Gasteiger partial charge in [0.15, 0.2) is 0 Å². The van der Waals surface area contributed by atoms with Crippen LogP contribution in [0.1, 0.15) is 36.0 Å². The van der Waals surface area contributed by atoms with Crippen molar-refractivity contribution in [2.24, 2.45) is 0 Å². The molecule has 4 nitrogen and oxygen atoms in total. The first-order valence-corrected chi connectivity index (χ1v) is 10.5. The Hall–Kier alpha value is -3.05. The summed E-state index contributed by atoms with van der Waals surface area (Å²) in [5, 5.41) is 17.6. The third kappa shape index (κ3) is 4.20. The van der Waals surface area contributed by atoms with Gasteiger partial charge in [0.25, 0.3) is 0 Å². The molecule has 1 unspecified atom stereocenters. The smallest absolute Gasteiger partial charge is 0.147 e. The summed E-state index contributed by atoms with van der Waals surface area (Å²) in [4.78, 5) is 5.68. The lowest BCUT2D eigenvalue weighted by Gasteiger charge is -2.21. The predicted molar refractivity (Wildman–Crippen MR) is 120 cm³/mol. The van der Waals surface area contributed by atoms with Crippen LogP contribution in [0.25, 0.3) is 10.9 Å². The van der Waals surface area contributed by atoms with Gasteiger partial charge in [-0.2, -0.15) is 0 Å². The number of pyridine rings is 1. The first-order chi connectivity index (χ1) is 14.0. The molecule has 5 heteroatoms. The summed E-state index contributed by atoms with van der Waals surface area (Å²) in [5.41, 5.74) is 3.27. The molecule has 0 saturated carbocycles. The Morgan fingerprint density at radius 1 is 1.00 bits per heavy atom. The van der Waals surface area contributed by atoms with Crippen molar-refractivity contribution in [3.8, 4) is 11.5 Å². The molecule has 0 saturated heterocycles. The van der Waals surface area contributed by atoms with Crippen LogP contribution < -0.4 is 10.1 Å². The summed E-state index contributed by atoms with van der Waals surface area (Å²) >= 11 is 1.66. The second kappa shape index (κ2) is 8.13. The van der Waals surface area contributed by atoms with Gasteiger partial charge < -0.3 is 15.2 Å². The lowest BCUT2D eigenvalue weighted by Crippen LogP contribution is -2.12. The van der Waals surface area contributed by atoms with E-state index in [9.17, 15) is 5.11 Å². The van der Waals surface area contributed by atoms with E-state index in [2.05, 4.69) is 16.4 Å². The van der Waals surface area contributed by atoms with E-state index in [0.29, 0.717) is 5.52 Å². The van der Waals surface area contributed by atoms with Crippen LogP contribution in [-0.2, 0) is 0 Å². The molecule has 0 spiro atoms. The Kier molecular flexibility index (Phi) is 5.41. The molecule has 0 aliphatic carbocycles. The van der Waals surface area contributed by atoms with Gasteiger partial charge in [-0.15, -0.1) is 11.3 Å². The maximum Gasteiger partial charge on any atom is 0.147 e. The fourth-order valence-corrected chi connectivity index (χ4v) is 4.14. The maximum atomic E-state index is 11.0. The first-order valence-electron chi connectivity index (χ1n) is 9.67. The number of thiophene rings is 1. The van der Waals surface area contributed by atoms with Crippen LogP contribution in [0.4, 0.5) is 5.69 Å². The van der Waals surface area contributed by atoms with Crippen molar-refractivity contribution < 1.29 is 9.84 Å². The molecular weight excluding hydrogens is 380 g/mol. The number of nitrogens with zero attached hydrogens (tertiary/aromatic N) is 1. The van der Waals surface area contributed by atoms with Crippen LogP contribution in [0.2, 0.25) is 0 Å². The number of aromatic hydroxyl groups is 1. The minimum atomic E-state index is -0.182. The average molecular weight is 405 g/mol. The van der Waals surface area contributed by atoms with Crippen molar-refractivity contribution in [3.63, 3.8) is 0 Å². The molecule has 0 radical (unpaired) electrons. The normalized spacial score (nSPS) is 12.3. The second-order valence-electron chi connectivity index (χ2n) is 7.31. The molecule has 2 heterocycles. The molecule has 0 bridgehead atoms. The van der Waals surface area contributed by atoms with Crippen LogP contribution >= 0.6 is 11.3 Å². The number of hydrogen-bond donors (Lipinski definition) is 2. The van der Waals surface area contributed by atoms with Gasteiger partial charge in [-0.1, -0.05) is 24.3 Å². The Morgan fingerprint density at radius 2 is 1.76 bits per heavy atom. The third-order valence-electron chi connectivity index (χ3n) is 4.68. The van der Waals surface area contributed by atoms with E-state index >= 15 is 0 Å². The predicted octanol–water partition coefficient (Wildman–Crippen LogP) is 6.30. The highest BCUT2D eigenvalue weighted by atomic mass is 32.1. The largest absolute Gasteiger partial charge is 0.505 e. The standard InChI is InChI=1S/C24H24N2O2S/c1-15(2)28-19-11-9-18(10-12-19)26-23(21-5-4-14-29-21)20-13-8-17-7-6-16(3)25-22(17)24(20)27/h4-15,23,26-27H,1-3H3. The zero-order chi connectivity index (χ0) is 20.4. The van der Waals surface area contributed by atoms with Gasteiger partial charge in [0, 0.05) is 27.2 Å². The third-order valence-corrected chi connectivity index (χ3v) is 5.62. The number of phenols is 1. The SMILES string of the molecule is Cc1ccc2ccc(C(Nc3ccc(OC(C)C)cc3)c3cccs3)c(O)c2n1. The van der Waals surface area contributed by atoms with E-state index in [1.807, 2.05) is 80.7 Å². The number of ether oxygens (including phenoxy) is 1. The van der Waals surface area contributed by atoms with E-state index < -0.39 is 0 Å². The number of fused-ring (bicyclic) bond motifs is 1. The number of hydrogen-bond acceptors (Lipinski definition) is 5. The minimum absolute atomic E-state index is 0.137. The molecule has 2 N–H and O–H groups in total. The summed E-state index contributed by atoms with van der Waals surface area (Å²) in [7, 11) is 0. The van der Waals surface area contributed by atoms with Crippen molar-refractivity contribution in [1.29, 1.82) is 0 Å². The Morgan fingerprint density at radius 3 is 2.45 bits per heavy atom. The highest BCUT2D eigenvalue weighted by Gasteiger charge is 2.21. The Balaban J connectivity index is 1.72. The zero-order valence-corrected chi connectivity index (χ0v) is 17.5. The quantitative estimate of drug-likeness (QED) is 0.396. The average Bonchev–Trinajstić information content (AvgIpc) is 3.23. The molecule has 0 aliphatic heterocycles. The van der Waals surface area contributed by atoms with E-state index in [0.717, 1.165) is 33.0 Å². The van der Waals surface area contributed by atoms with E-state index in [1.165, 1.54) is 0 Å². The Bertz CT molecular complexity index is 1110. The molecule has 29 heavy (non-hydrogen) atoms. The number of phenolic OH excluding ortho intramolecular Hbond substituents is 1. The summed E-state index contributed by atoms with van der Waals surface area (Å²) in [6.45, 7) is 5.95. The van der Waals surface area contributed by atoms with Crippen molar-refractivity contribution >= 4 is 27.9 Å². The monoisotopic (exact) mass is 404 g/mol. The number of rotatable bonds is 6. The second-order valence-corrected chi connectivity index (χ2v) is 8.29. The maximum absolute atomic E-state index is 11.0. The molecule has 0 amide bonds. The van der Waals surface area contributed by atoms with Crippen molar-refractivity contribution in [2.45, 2.75) is 32.9 Å². The molecular formula is C24H24N2O2S. The van der Waals surface area contributed by atoms with Crippen molar-refractivity contribution in [2.75, 3.05) is 5.32 Å². The fraction of sp³-hybridized carbons (Fsp3) is 0.208. The number of anilines is 1. The van der Waals surface area contributed by atoms with Gasteiger partial charge in [-0.25, -0.2) is 4.98 Å². The molecule has 2 aromatic carbocycles. The number of aromatic nitrogens is 1. The van der Waals surface area contributed by atoms with Gasteiger partial charge in [0.2, 0.25) is 0 Å².